The standard InChI is InChI=1S/C22H33N3O3/c1-4-24(5-2)18-8-9-19(16(3)15-18)23-21(26)17-10-12-25(13-11-17)22(27)20-7-6-14-28-20/h8-9,15,17,20H,4-7,10-14H2,1-3H3,(H,23,26). The fourth-order valence-corrected chi connectivity index (χ4v) is 4.15. The third-order valence-corrected chi connectivity index (χ3v) is 5.98. The van der Waals surface area contributed by atoms with E-state index < -0.39 is 0 Å². The number of piperidine rings is 1. The molecule has 6 heteroatoms. The first-order valence-electron chi connectivity index (χ1n) is 10.6. The van der Waals surface area contributed by atoms with Crippen LogP contribution in [0.15, 0.2) is 18.2 Å². The molecule has 0 aliphatic carbocycles. The van der Waals surface area contributed by atoms with Crippen LogP contribution in [0, 0.1) is 12.8 Å². The van der Waals surface area contributed by atoms with Crippen molar-refractivity contribution in [2.45, 2.75) is 52.6 Å². The molecule has 0 bridgehead atoms. The summed E-state index contributed by atoms with van der Waals surface area (Å²) in [7, 11) is 0. The monoisotopic (exact) mass is 387 g/mol. The van der Waals surface area contributed by atoms with E-state index in [1.807, 2.05) is 17.9 Å². The summed E-state index contributed by atoms with van der Waals surface area (Å²) in [5.74, 6) is 0.109. The lowest BCUT2D eigenvalue weighted by Gasteiger charge is -2.32. The molecule has 2 saturated heterocycles. The summed E-state index contributed by atoms with van der Waals surface area (Å²) >= 11 is 0. The molecule has 2 aliphatic rings. The molecule has 1 N–H and O–H groups in total. The molecule has 0 saturated carbocycles. The highest BCUT2D eigenvalue weighted by molar-refractivity contribution is 5.93. The molecule has 2 fully saturated rings. The highest BCUT2D eigenvalue weighted by Gasteiger charge is 2.32. The Labute approximate surface area is 168 Å². The zero-order valence-corrected chi connectivity index (χ0v) is 17.4. The number of rotatable bonds is 6. The Morgan fingerprint density at radius 3 is 2.46 bits per heavy atom. The quantitative estimate of drug-likeness (QED) is 0.814. The van der Waals surface area contributed by atoms with Gasteiger partial charge in [0.25, 0.3) is 5.91 Å². The van der Waals surface area contributed by atoms with E-state index in [0.29, 0.717) is 32.5 Å². The minimum atomic E-state index is -0.266. The Kier molecular flexibility index (Phi) is 6.94. The maximum Gasteiger partial charge on any atom is 0.251 e. The van der Waals surface area contributed by atoms with Gasteiger partial charge < -0.3 is 19.9 Å². The first kappa shape index (κ1) is 20.6. The number of nitrogens with one attached hydrogen (secondary N) is 1. The van der Waals surface area contributed by atoms with Crippen molar-refractivity contribution in [3.05, 3.63) is 23.8 Å². The molecule has 2 aliphatic heterocycles. The predicted octanol–water partition coefficient (Wildman–Crippen LogP) is 3.20. The molecule has 3 rings (SSSR count). The van der Waals surface area contributed by atoms with Crippen LogP contribution in [-0.2, 0) is 14.3 Å². The molecule has 0 aromatic heterocycles. The van der Waals surface area contributed by atoms with Crippen molar-refractivity contribution in [1.82, 2.24) is 4.90 Å². The third kappa shape index (κ3) is 4.66. The second kappa shape index (κ2) is 9.41. The van der Waals surface area contributed by atoms with E-state index in [1.54, 1.807) is 0 Å². The fraction of sp³-hybridized carbons (Fsp3) is 0.636. The van der Waals surface area contributed by atoms with Crippen molar-refractivity contribution in [3.8, 4) is 0 Å². The number of ether oxygens (including phenoxy) is 1. The number of hydrogen-bond donors (Lipinski definition) is 1. The first-order valence-corrected chi connectivity index (χ1v) is 10.6. The second-order valence-electron chi connectivity index (χ2n) is 7.76. The lowest BCUT2D eigenvalue weighted by Crippen LogP contribution is -2.45. The van der Waals surface area contributed by atoms with E-state index in [2.05, 4.69) is 36.2 Å². The maximum absolute atomic E-state index is 12.7. The number of likely N-dealkylation sites (tertiary alicyclic amines) is 1. The molecular weight excluding hydrogens is 354 g/mol. The van der Waals surface area contributed by atoms with Crippen LogP contribution in [0.25, 0.3) is 0 Å². The van der Waals surface area contributed by atoms with Crippen molar-refractivity contribution >= 4 is 23.2 Å². The minimum Gasteiger partial charge on any atom is -0.372 e. The number of carbonyl (C=O) groups is 2. The van der Waals surface area contributed by atoms with Gasteiger partial charge in [-0.3, -0.25) is 9.59 Å². The van der Waals surface area contributed by atoms with Gasteiger partial charge in [0.15, 0.2) is 0 Å². The van der Waals surface area contributed by atoms with Gasteiger partial charge in [0, 0.05) is 50.1 Å². The summed E-state index contributed by atoms with van der Waals surface area (Å²) in [5.41, 5.74) is 3.13. The maximum atomic E-state index is 12.7. The predicted molar refractivity (Wildman–Crippen MR) is 112 cm³/mol. The SMILES string of the molecule is CCN(CC)c1ccc(NC(=O)C2CCN(C(=O)C3CCCO3)CC2)c(C)c1. The van der Waals surface area contributed by atoms with Crippen LogP contribution in [-0.4, -0.2) is 55.6 Å². The Balaban J connectivity index is 1.53. The second-order valence-corrected chi connectivity index (χ2v) is 7.76. The highest BCUT2D eigenvalue weighted by Crippen LogP contribution is 2.26. The van der Waals surface area contributed by atoms with E-state index in [-0.39, 0.29) is 23.8 Å². The van der Waals surface area contributed by atoms with Crippen molar-refractivity contribution in [1.29, 1.82) is 0 Å². The van der Waals surface area contributed by atoms with Gasteiger partial charge in [-0.05, 0) is 70.2 Å². The molecule has 1 atom stereocenters. The zero-order valence-electron chi connectivity index (χ0n) is 17.4. The average molecular weight is 388 g/mol. The molecule has 2 heterocycles. The molecule has 6 nitrogen and oxygen atoms in total. The van der Waals surface area contributed by atoms with E-state index in [4.69, 9.17) is 4.74 Å². The van der Waals surface area contributed by atoms with Gasteiger partial charge in [-0.15, -0.1) is 0 Å². The third-order valence-electron chi connectivity index (χ3n) is 5.98. The molecule has 2 amide bonds. The first-order chi connectivity index (χ1) is 13.5. The van der Waals surface area contributed by atoms with E-state index >= 15 is 0 Å². The summed E-state index contributed by atoms with van der Waals surface area (Å²) in [6.07, 6.45) is 2.93. The van der Waals surface area contributed by atoms with Crippen LogP contribution in [0.4, 0.5) is 11.4 Å². The van der Waals surface area contributed by atoms with Gasteiger partial charge in [0.1, 0.15) is 6.10 Å². The zero-order chi connectivity index (χ0) is 20.1. The number of anilines is 2. The van der Waals surface area contributed by atoms with Gasteiger partial charge in [0.05, 0.1) is 0 Å². The Morgan fingerprint density at radius 2 is 1.89 bits per heavy atom. The van der Waals surface area contributed by atoms with Gasteiger partial charge in [0.2, 0.25) is 5.91 Å². The number of amides is 2. The average Bonchev–Trinajstić information content (AvgIpc) is 3.25. The largest absolute Gasteiger partial charge is 0.372 e. The molecule has 28 heavy (non-hydrogen) atoms. The van der Waals surface area contributed by atoms with Gasteiger partial charge in [-0.2, -0.15) is 0 Å². The van der Waals surface area contributed by atoms with Gasteiger partial charge in [-0.25, -0.2) is 0 Å². The van der Waals surface area contributed by atoms with E-state index in [1.165, 1.54) is 5.69 Å². The van der Waals surface area contributed by atoms with E-state index in [0.717, 1.165) is 37.2 Å². The molecular formula is C22H33N3O3. The van der Waals surface area contributed by atoms with Crippen LogP contribution in [0.2, 0.25) is 0 Å². The van der Waals surface area contributed by atoms with E-state index in [9.17, 15) is 9.59 Å². The molecule has 1 aromatic rings. The minimum absolute atomic E-state index is 0.0459. The van der Waals surface area contributed by atoms with Crippen molar-refractivity contribution in [2.24, 2.45) is 5.92 Å². The Morgan fingerprint density at radius 1 is 1.18 bits per heavy atom. The van der Waals surface area contributed by atoms with Gasteiger partial charge in [-0.1, -0.05) is 0 Å². The number of carbonyl (C=O) groups excluding carboxylic acids is 2. The van der Waals surface area contributed by atoms with Gasteiger partial charge >= 0.3 is 0 Å². The van der Waals surface area contributed by atoms with Crippen LogP contribution in [0.3, 0.4) is 0 Å². The number of benzene rings is 1. The topological polar surface area (TPSA) is 61.9 Å². The Hall–Kier alpha value is -2.08. The molecule has 0 radical (unpaired) electrons. The van der Waals surface area contributed by atoms with Crippen LogP contribution < -0.4 is 10.2 Å². The Bertz CT molecular complexity index is 688. The molecule has 154 valence electrons. The molecule has 1 aromatic carbocycles. The fourth-order valence-electron chi connectivity index (χ4n) is 4.15. The van der Waals surface area contributed by atoms with Crippen LogP contribution >= 0.6 is 0 Å². The molecule has 0 spiro atoms. The number of aryl methyl sites for hydroxylation is 1. The summed E-state index contributed by atoms with van der Waals surface area (Å²) in [6.45, 7) is 10.2. The van der Waals surface area contributed by atoms with Crippen LogP contribution in [0.5, 0.6) is 0 Å². The molecule has 1 unspecified atom stereocenters. The smallest absolute Gasteiger partial charge is 0.251 e. The summed E-state index contributed by atoms with van der Waals surface area (Å²) in [5, 5.41) is 3.10. The lowest BCUT2D eigenvalue weighted by atomic mass is 9.95. The summed E-state index contributed by atoms with van der Waals surface area (Å²) in [4.78, 5) is 29.3. The van der Waals surface area contributed by atoms with Crippen LogP contribution in [0.1, 0.15) is 45.1 Å². The van der Waals surface area contributed by atoms with Crippen molar-refractivity contribution in [2.75, 3.05) is 43.0 Å². The number of nitrogens with zero attached hydrogens (tertiary/aromatic N) is 2. The van der Waals surface area contributed by atoms with Crippen molar-refractivity contribution < 1.29 is 14.3 Å². The van der Waals surface area contributed by atoms with Crippen molar-refractivity contribution in [3.63, 3.8) is 0 Å². The normalized spacial score (nSPS) is 20.2. The summed E-state index contributed by atoms with van der Waals surface area (Å²) < 4.78 is 5.50. The lowest BCUT2D eigenvalue weighted by molar-refractivity contribution is -0.143. The highest BCUT2D eigenvalue weighted by atomic mass is 16.5. The number of hydrogen-bond acceptors (Lipinski definition) is 4. The summed E-state index contributed by atoms with van der Waals surface area (Å²) in [6, 6.07) is 6.20.